The van der Waals surface area contributed by atoms with Gasteiger partial charge in [-0.25, -0.2) is 9.59 Å². The monoisotopic (exact) mass is 263 g/mol. The molecule has 1 saturated heterocycles. The summed E-state index contributed by atoms with van der Waals surface area (Å²) in [4.78, 5) is 24.4. The third kappa shape index (κ3) is 3.05. The van der Waals surface area contributed by atoms with Crippen molar-refractivity contribution in [1.82, 2.24) is 4.90 Å². The molecular weight excluding hydrogens is 246 g/mol. The van der Waals surface area contributed by atoms with Crippen LogP contribution in [0.3, 0.4) is 0 Å². The minimum absolute atomic E-state index is 0.0932. The van der Waals surface area contributed by atoms with E-state index >= 15 is 0 Å². The highest BCUT2D eigenvalue weighted by Crippen LogP contribution is 2.25. The van der Waals surface area contributed by atoms with Gasteiger partial charge in [0.25, 0.3) is 0 Å². The third-order valence-electron chi connectivity index (χ3n) is 3.37. The van der Waals surface area contributed by atoms with Crippen molar-refractivity contribution in [1.29, 1.82) is 0 Å². The number of carboxylic acids is 1. The quantitative estimate of drug-likeness (QED) is 0.908. The van der Waals surface area contributed by atoms with E-state index in [1.165, 1.54) is 4.90 Å². The number of likely N-dealkylation sites (tertiary alicyclic amines) is 1. The molecule has 1 heterocycles. The van der Waals surface area contributed by atoms with Crippen molar-refractivity contribution in [3.8, 4) is 0 Å². The summed E-state index contributed by atoms with van der Waals surface area (Å²) in [7, 11) is 0. The van der Waals surface area contributed by atoms with Gasteiger partial charge < -0.3 is 9.84 Å². The highest BCUT2D eigenvalue weighted by atomic mass is 16.6. The van der Waals surface area contributed by atoms with Crippen molar-refractivity contribution in [3.63, 3.8) is 0 Å². The number of rotatable bonds is 3. The molecule has 19 heavy (non-hydrogen) atoms. The molecule has 5 heteroatoms. The van der Waals surface area contributed by atoms with Crippen molar-refractivity contribution in [2.24, 2.45) is 0 Å². The van der Waals surface area contributed by atoms with Gasteiger partial charge in [-0.05, 0) is 25.3 Å². The number of aliphatic carboxylic acids is 1. The van der Waals surface area contributed by atoms with Gasteiger partial charge in [0.15, 0.2) is 0 Å². The molecule has 1 N–H and O–H groups in total. The molecule has 5 nitrogen and oxygen atoms in total. The van der Waals surface area contributed by atoms with Crippen molar-refractivity contribution in [3.05, 3.63) is 35.9 Å². The van der Waals surface area contributed by atoms with Crippen LogP contribution in [0.25, 0.3) is 0 Å². The summed E-state index contributed by atoms with van der Waals surface area (Å²) in [5.74, 6) is -0.971. The lowest BCUT2D eigenvalue weighted by atomic mass is 10.2. The Hall–Kier alpha value is -2.04. The minimum atomic E-state index is -0.971. The van der Waals surface area contributed by atoms with Gasteiger partial charge >= 0.3 is 12.1 Å². The van der Waals surface area contributed by atoms with E-state index in [0.29, 0.717) is 12.8 Å². The Morgan fingerprint density at radius 3 is 2.63 bits per heavy atom. The SMILES string of the molecule is C[C@@H]1CCC(C(=O)O)N1C(=O)OCc1ccccc1. The van der Waals surface area contributed by atoms with Crippen LogP contribution in [0.2, 0.25) is 0 Å². The maximum absolute atomic E-state index is 12.0. The van der Waals surface area contributed by atoms with Gasteiger partial charge in [-0.1, -0.05) is 30.3 Å². The van der Waals surface area contributed by atoms with Crippen LogP contribution in [0.4, 0.5) is 4.79 Å². The van der Waals surface area contributed by atoms with Gasteiger partial charge in [-0.15, -0.1) is 0 Å². The van der Waals surface area contributed by atoms with E-state index in [0.717, 1.165) is 5.56 Å². The molecule has 0 spiro atoms. The van der Waals surface area contributed by atoms with Gasteiger partial charge in [0.2, 0.25) is 0 Å². The Bertz CT molecular complexity index is 460. The standard InChI is InChI=1S/C14H17NO4/c1-10-7-8-12(13(16)17)15(10)14(18)19-9-11-5-3-2-4-6-11/h2-6,10,12H,7-9H2,1H3,(H,16,17)/t10-,12?/m1/s1. The smallest absolute Gasteiger partial charge is 0.411 e. The zero-order valence-corrected chi connectivity index (χ0v) is 10.8. The van der Waals surface area contributed by atoms with Crippen LogP contribution < -0.4 is 0 Å². The van der Waals surface area contributed by atoms with E-state index in [1.54, 1.807) is 0 Å². The first-order valence-corrected chi connectivity index (χ1v) is 6.31. The fraction of sp³-hybridized carbons (Fsp3) is 0.429. The fourth-order valence-corrected chi connectivity index (χ4v) is 2.33. The average molecular weight is 263 g/mol. The summed E-state index contributed by atoms with van der Waals surface area (Å²) in [6, 6.07) is 8.46. The summed E-state index contributed by atoms with van der Waals surface area (Å²) in [5.41, 5.74) is 0.884. The number of hydrogen-bond donors (Lipinski definition) is 1. The third-order valence-corrected chi connectivity index (χ3v) is 3.37. The Balaban J connectivity index is 1.97. The molecule has 2 atom stereocenters. The van der Waals surface area contributed by atoms with Crippen LogP contribution in [0.1, 0.15) is 25.3 Å². The molecule has 2 rings (SSSR count). The lowest BCUT2D eigenvalue weighted by Gasteiger charge is -2.25. The molecule has 0 bridgehead atoms. The van der Waals surface area contributed by atoms with Gasteiger partial charge in [-0.2, -0.15) is 0 Å². The maximum Gasteiger partial charge on any atom is 0.411 e. The minimum Gasteiger partial charge on any atom is -0.480 e. The van der Waals surface area contributed by atoms with E-state index in [2.05, 4.69) is 0 Å². The number of carbonyl (C=O) groups is 2. The highest BCUT2D eigenvalue weighted by molar-refractivity contribution is 5.81. The second-order valence-electron chi connectivity index (χ2n) is 4.73. The molecule has 1 amide bonds. The second kappa shape index (κ2) is 5.73. The molecule has 1 aliphatic heterocycles. The van der Waals surface area contributed by atoms with Crippen molar-refractivity contribution < 1.29 is 19.4 Å². The van der Waals surface area contributed by atoms with Gasteiger partial charge in [0.1, 0.15) is 12.6 Å². The number of amides is 1. The Morgan fingerprint density at radius 2 is 2.00 bits per heavy atom. The number of nitrogens with zero attached hydrogens (tertiary/aromatic N) is 1. The van der Waals surface area contributed by atoms with Crippen molar-refractivity contribution >= 4 is 12.1 Å². The van der Waals surface area contributed by atoms with E-state index in [1.807, 2.05) is 37.3 Å². The molecule has 0 saturated carbocycles. The van der Waals surface area contributed by atoms with Crippen LogP contribution in [-0.4, -0.2) is 34.2 Å². The molecular formula is C14H17NO4. The summed E-state index contributed by atoms with van der Waals surface area (Å²) in [5, 5.41) is 9.09. The average Bonchev–Trinajstić information content (AvgIpc) is 2.79. The highest BCUT2D eigenvalue weighted by Gasteiger charge is 2.39. The van der Waals surface area contributed by atoms with Gasteiger partial charge in [-0.3, -0.25) is 4.90 Å². The van der Waals surface area contributed by atoms with Gasteiger partial charge in [0, 0.05) is 6.04 Å². The van der Waals surface area contributed by atoms with Crippen LogP contribution in [-0.2, 0) is 16.1 Å². The van der Waals surface area contributed by atoms with Crippen LogP contribution in [0, 0.1) is 0 Å². The maximum atomic E-state index is 12.0. The van der Waals surface area contributed by atoms with E-state index in [9.17, 15) is 9.59 Å². The Labute approximate surface area is 111 Å². The van der Waals surface area contributed by atoms with E-state index < -0.39 is 18.1 Å². The molecule has 1 aromatic carbocycles. The van der Waals surface area contributed by atoms with E-state index in [-0.39, 0.29) is 12.6 Å². The van der Waals surface area contributed by atoms with E-state index in [4.69, 9.17) is 9.84 Å². The fourth-order valence-electron chi connectivity index (χ4n) is 2.33. The summed E-state index contributed by atoms with van der Waals surface area (Å²) < 4.78 is 5.19. The number of carboxylic acid groups (broad SMARTS) is 1. The lowest BCUT2D eigenvalue weighted by Crippen LogP contribution is -2.44. The second-order valence-corrected chi connectivity index (χ2v) is 4.73. The normalized spacial score (nSPS) is 22.3. The van der Waals surface area contributed by atoms with Crippen LogP contribution in [0.5, 0.6) is 0 Å². The molecule has 1 aromatic rings. The van der Waals surface area contributed by atoms with Crippen molar-refractivity contribution in [2.45, 2.75) is 38.5 Å². The molecule has 1 fully saturated rings. The Kier molecular flexibility index (Phi) is 4.04. The van der Waals surface area contributed by atoms with Crippen LogP contribution in [0.15, 0.2) is 30.3 Å². The largest absolute Gasteiger partial charge is 0.480 e. The summed E-state index contributed by atoms with van der Waals surface area (Å²) in [6.45, 7) is 2.00. The van der Waals surface area contributed by atoms with Gasteiger partial charge in [0.05, 0.1) is 0 Å². The topological polar surface area (TPSA) is 66.8 Å². The molecule has 1 unspecified atom stereocenters. The summed E-state index contributed by atoms with van der Waals surface area (Å²) >= 11 is 0. The number of benzene rings is 1. The number of hydrogen-bond acceptors (Lipinski definition) is 3. The molecule has 0 aromatic heterocycles. The summed E-state index contributed by atoms with van der Waals surface area (Å²) in [6.07, 6.45) is 0.621. The lowest BCUT2D eigenvalue weighted by molar-refractivity contribution is -0.142. The number of ether oxygens (including phenoxy) is 1. The molecule has 0 radical (unpaired) electrons. The molecule has 0 aliphatic carbocycles. The first-order chi connectivity index (χ1) is 9.09. The molecule has 102 valence electrons. The molecule has 1 aliphatic rings. The Morgan fingerprint density at radius 1 is 1.32 bits per heavy atom. The predicted octanol–water partition coefficient (Wildman–Crippen LogP) is 2.26. The zero-order valence-electron chi connectivity index (χ0n) is 10.8. The predicted molar refractivity (Wildman–Crippen MR) is 68.6 cm³/mol. The van der Waals surface area contributed by atoms with Crippen LogP contribution >= 0.6 is 0 Å². The van der Waals surface area contributed by atoms with Crippen molar-refractivity contribution in [2.75, 3.05) is 0 Å². The first-order valence-electron chi connectivity index (χ1n) is 6.31. The number of carbonyl (C=O) groups excluding carboxylic acids is 1. The first kappa shape index (κ1) is 13.4. The zero-order chi connectivity index (χ0) is 13.8.